The Hall–Kier alpha value is -0.900. The van der Waals surface area contributed by atoms with Crippen molar-refractivity contribution >= 4 is 0 Å². The number of fused-ring (bicyclic) bond motifs is 1. The summed E-state index contributed by atoms with van der Waals surface area (Å²) in [6.07, 6.45) is 12.6. The zero-order chi connectivity index (χ0) is 23.9. The lowest BCUT2D eigenvalue weighted by Gasteiger charge is -2.48. The molecule has 0 aromatic carbocycles. The van der Waals surface area contributed by atoms with Gasteiger partial charge in [0.05, 0.1) is 17.8 Å². The molecule has 0 radical (unpaired) electrons. The molecule has 3 nitrogen and oxygen atoms in total. The minimum atomic E-state index is -0.622. The molecule has 0 bridgehead atoms. The number of rotatable bonds is 6. The Bertz CT molecular complexity index is 737. The maximum absolute atomic E-state index is 10.3. The van der Waals surface area contributed by atoms with Gasteiger partial charge in [0.1, 0.15) is 0 Å². The molecule has 1 unspecified atom stereocenters. The van der Waals surface area contributed by atoms with Crippen LogP contribution in [0.5, 0.6) is 0 Å². The van der Waals surface area contributed by atoms with Crippen molar-refractivity contribution in [3.8, 4) is 0 Å². The van der Waals surface area contributed by atoms with Crippen LogP contribution in [-0.4, -0.2) is 33.1 Å². The van der Waals surface area contributed by atoms with Crippen LogP contribution in [-0.2, 0) is 0 Å². The van der Waals surface area contributed by atoms with Crippen LogP contribution in [0, 0.1) is 28.6 Å². The largest absolute Gasteiger partial charge is 0.390 e. The second-order valence-electron chi connectivity index (χ2n) is 12.8. The van der Waals surface area contributed by atoms with Gasteiger partial charge in [0, 0.05) is 0 Å². The summed E-state index contributed by atoms with van der Waals surface area (Å²) in [5, 5.41) is 30.6. The summed E-state index contributed by atoms with van der Waals surface area (Å²) in [6.45, 7) is 17.5. The van der Waals surface area contributed by atoms with Crippen LogP contribution < -0.4 is 0 Å². The fourth-order valence-corrected chi connectivity index (χ4v) is 6.93. The van der Waals surface area contributed by atoms with E-state index in [1.54, 1.807) is 5.57 Å². The fourth-order valence-electron chi connectivity index (χ4n) is 6.93. The molecule has 3 N–H and O–H groups in total. The molecule has 0 heterocycles. The van der Waals surface area contributed by atoms with E-state index in [0.717, 1.165) is 18.4 Å². The van der Waals surface area contributed by atoms with E-state index in [0.29, 0.717) is 41.6 Å². The first kappa shape index (κ1) is 25.7. The highest BCUT2D eigenvalue weighted by Gasteiger charge is 2.52. The summed E-state index contributed by atoms with van der Waals surface area (Å²) in [5.74, 6) is 1.97. The Morgan fingerprint density at radius 2 is 1.69 bits per heavy atom. The van der Waals surface area contributed by atoms with Gasteiger partial charge in [-0.2, -0.15) is 0 Å². The van der Waals surface area contributed by atoms with E-state index in [2.05, 4.69) is 46.4 Å². The van der Waals surface area contributed by atoms with E-state index in [-0.39, 0.29) is 5.41 Å². The molecule has 3 aliphatic carbocycles. The Labute approximate surface area is 196 Å². The number of aliphatic hydroxyl groups excluding tert-OH is 2. The summed E-state index contributed by atoms with van der Waals surface area (Å²) in [7, 11) is 0. The molecule has 0 aromatic rings. The Morgan fingerprint density at radius 3 is 2.28 bits per heavy atom. The predicted octanol–water partition coefficient (Wildman–Crippen LogP) is 6.34. The van der Waals surface area contributed by atoms with Crippen molar-refractivity contribution in [2.24, 2.45) is 28.6 Å². The van der Waals surface area contributed by atoms with E-state index in [1.165, 1.54) is 32.1 Å². The zero-order valence-corrected chi connectivity index (χ0v) is 21.5. The number of aliphatic hydroxyl groups is 3. The lowest BCUT2D eigenvalue weighted by Crippen LogP contribution is -2.40. The molecule has 32 heavy (non-hydrogen) atoms. The lowest BCUT2D eigenvalue weighted by molar-refractivity contribution is 0.0127. The van der Waals surface area contributed by atoms with Crippen LogP contribution in [0.3, 0.4) is 0 Å². The van der Waals surface area contributed by atoms with E-state index in [1.807, 2.05) is 13.8 Å². The van der Waals surface area contributed by atoms with Gasteiger partial charge in [0.2, 0.25) is 0 Å². The van der Waals surface area contributed by atoms with Gasteiger partial charge < -0.3 is 15.3 Å². The molecular weight excluding hydrogens is 396 g/mol. The van der Waals surface area contributed by atoms with Gasteiger partial charge in [-0.25, -0.2) is 0 Å². The van der Waals surface area contributed by atoms with Crippen molar-refractivity contribution in [3.05, 3.63) is 35.5 Å². The molecule has 3 rings (SSSR count). The highest BCUT2D eigenvalue weighted by atomic mass is 16.3. The first-order valence-corrected chi connectivity index (χ1v) is 12.9. The molecule has 0 aliphatic heterocycles. The molecule has 182 valence electrons. The highest BCUT2D eigenvalue weighted by Crippen LogP contribution is 2.61. The van der Waals surface area contributed by atoms with E-state index in [4.69, 9.17) is 0 Å². The summed E-state index contributed by atoms with van der Waals surface area (Å²) in [4.78, 5) is 0. The molecule has 6 atom stereocenters. The summed E-state index contributed by atoms with van der Waals surface area (Å²) in [5.41, 5.74) is 3.22. The SMILES string of the molecule is C=C1[C@H](O)CC(=C/C=C2\CCC[C@@]3(C)C2CC[C@@H]3[C@@H](C)C(C)(C)CCC(C)(C)O)C[C@H]1O. The van der Waals surface area contributed by atoms with Crippen LogP contribution in [0.4, 0.5) is 0 Å². The average molecular weight is 445 g/mol. The van der Waals surface area contributed by atoms with E-state index in [9.17, 15) is 15.3 Å². The van der Waals surface area contributed by atoms with E-state index < -0.39 is 17.8 Å². The molecule has 0 spiro atoms. The second kappa shape index (κ2) is 9.39. The van der Waals surface area contributed by atoms with Gasteiger partial charge in [-0.05, 0) is 106 Å². The molecule has 3 aliphatic rings. The average Bonchev–Trinajstić information content (AvgIpc) is 3.05. The lowest BCUT2D eigenvalue weighted by atomic mass is 9.57. The molecule has 0 amide bonds. The van der Waals surface area contributed by atoms with Crippen LogP contribution in [0.15, 0.2) is 35.5 Å². The third kappa shape index (κ3) is 5.42. The van der Waals surface area contributed by atoms with Crippen LogP contribution in [0.25, 0.3) is 0 Å². The number of hydrogen-bond donors (Lipinski definition) is 3. The van der Waals surface area contributed by atoms with Gasteiger partial charge >= 0.3 is 0 Å². The van der Waals surface area contributed by atoms with Gasteiger partial charge in [-0.15, -0.1) is 0 Å². The topological polar surface area (TPSA) is 60.7 Å². The van der Waals surface area contributed by atoms with Crippen LogP contribution >= 0.6 is 0 Å². The zero-order valence-electron chi connectivity index (χ0n) is 21.5. The van der Waals surface area contributed by atoms with Crippen molar-refractivity contribution in [2.75, 3.05) is 0 Å². The van der Waals surface area contributed by atoms with Gasteiger partial charge in [0.25, 0.3) is 0 Å². The first-order valence-electron chi connectivity index (χ1n) is 12.9. The molecule has 3 saturated carbocycles. The Morgan fingerprint density at radius 1 is 1.06 bits per heavy atom. The quantitative estimate of drug-likeness (QED) is 0.419. The van der Waals surface area contributed by atoms with Crippen LogP contribution in [0.1, 0.15) is 99.3 Å². The fraction of sp³-hybridized carbons (Fsp3) is 0.793. The Kier molecular flexibility index (Phi) is 7.55. The summed E-state index contributed by atoms with van der Waals surface area (Å²) < 4.78 is 0. The predicted molar refractivity (Wildman–Crippen MR) is 133 cm³/mol. The maximum atomic E-state index is 10.3. The normalized spacial score (nSPS) is 36.3. The number of allylic oxidation sites excluding steroid dienone is 3. The molecule has 3 fully saturated rings. The third-order valence-electron chi connectivity index (χ3n) is 9.56. The van der Waals surface area contributed by atoms with Crippen LogP contribution in [0.2, 0.25) is 0 Å². The molecule has 0 aromatic heterocycles. The van der Waals surface area contributed by atoms with Crippen molar-refractivity contribution in [3.63, 3.8) is 0 Å². The second-order valence-corrected chi connectivity index (χ2v) is 12.8. The van der Waals surface area contributed by atoms with Crippen molar-refractivity contribution < 1.29 is 15.3 Å². The standard InChI is InChI=1S/C29H48O3/c1-19-25(30)17-21(18-26(19)31)10-11-22-9-8-14-29(7)23(12-13-24(22)29)20(2)27(3,4)15-16-28(5,6)32/h10-11,20,23-26,30-32H,1,8-9,12-18H2,2-7H3/b22-11+/t20-,23-,24?,25-,26-,29-/m1/s1. The van der Waals surface area contributed by atoms with Crippen molar-refractivity contribution in [1.29, 1.82) is 0 Å². The van der Waals surface area contributed by atoms with Gasteiger partial charge in [-0.1, -0.05) is 57.6 Å². The smallest absolute Gasteiger partial charge is 0.0809 e. The monoisotopic (exact) mass is 444 g/mol. The molecule has 0 saturated heterocycles. The summed E-state index contributed by atoms with van der Waals surface area (Å²) in [6, 6.07) is 0. The molecule has 3 heteroatoms. The Balaban J connectivity index is 1.75. The maximum Gasteiger partial charge on any atom is 0.0809 e. The van der Waals surface area contributed by atoms with Crippen molar-refractivity contribution in [2.45, 2.75) is 117 Å². The minimum Gasteiger partial charge on any atom is -0.390 e. The van der Waals surface area contributed by atoms with E-state index >= 15 is 0 Å². The van der Waals surface area contributed by atoms with Crippen molar-refractivity contribution in [1.82, 2.24) is 0 Å². The third-order valence-corrected chi connectivity index (χ3v) is 9.56. The number of hydrogen-bond acceptors (Lipinski definition) is 3. The van der Waals surface area contributed by atoms with Gasteiger partial charge in [-0.3, -0.25) is 0 Å². The minimum absolute atomic E-state index is 0.211. The highest BCUT2D eigenvalue weighted by molar-refractivity contribution is 5.29. The first-order chi connectivity index (χ1) is 14.7. The summed E-state index contributed by atoms with van der Waals surface area (Å²) >= 11 is 0. The molecular formula is C29H48O3. The van der Waals surface area contributed by atoms with Gasteiger partial charge in [0.15, 0.2) is 0 Å².